The number of ether oxygens (including phenoxy) is 1. The van der Waals surface area contributed by atoms with Crippen LogP contribution in [0.3, 0.4) is 0 Å². The molecule has 2 heterocycles. The molecule has 0 spiro atoms. The molecule has 2 aromatic rings. The second kappa shape index (κ2) is 4.52. The first-order chi connectivity index (χ1) is 8.83. The molecule has 5 heteroatoms. The maximum atomic E-state index is 12.0. The highest BCUT2D eigenvalue weighted by Crippen LogP contribution is 2.27. The minimum absolute atomic E-state index is 0.0475. The highest BCUT2D eigenvalue weighted by Gasteiger charge is 2.25. The highest BCUT2D eigenvalue weighted by molar-refractivity contribution is 5.92. The van der Waals surface area contributed by atoms with E-state index in [1.165, 1.54) is 0 Å². The van der Waals surface area contributed by atoms with Gasteiger partial charge in [0.2, 0.25) is 5.91 Å². The van der Waals surface area contributed by atoms with Crippen LogP contribution in [-0.4, -0.2) is 22.7 Å². The summed E-state index contributed by atoms with van der Waals surface area (Å²) in [6, 6.07) is 9.53. The summed E-state index contributed by atoms with van der Waals surface area (Å²) in [5.41, 5.74) is 1.08. The second-order valence-electron chi connectivity index (χ2n) is 4.28. The fraction of sp³-hybridized carbons (Fsp3) is 0.231. The SMILES string of the molecule is O=C(Nc1ccn[nH]1)[C@H]1COc2ccccc2C1. The Balaban J connectivity index is 1.70. The van der Waals surface area contributed by atoms with Gasteiger partial charge in [-0.3, -0.25) is 9.89 Å². The van der Waals surface area contributed by atoms with E-state index in [0.717, 1.165) is 11.3 Å². The van der Waals surface area contributed by atoms with Gasteiger partial charge in [-0.2, -0.15) is 5.10 Å². The Bertz CT molecular complexity index is 551. The van der Waals surface area contributed by atoms with Gasteiger partial charge in [-0.25, -0.2) is 0 Å². The normalized spacial score (nSPS) is 17.7. The maximum absolute atomic E-state index is 12.0. The molecule has 0 fully saturated rings. The number of aromatic nitrogens is 2. The Hall–Kier alpha value is -2.30. The molecule has 2 N–H and O–H groups in total. The van der Waals surface area contributed by atoms with Gasteiger partial charge in [0.1, 0.15) is 18.2 Å². The number of H-pyrrole nitrogens is 1. The number of nitrogens with one attached hydrogen (secondary N) is 2. The summed E-state index contributed by atoms with van der Waals surface area (Å²) in [4.78, 5) is 12.0. The average Bonchev–Trinajstić information content (AvgIpc) is 2.91. The number of rotatable bonds is 2. The number of para-hydroxylation sites is 1. The molecule has 0 aliphatic carbocycles. The van der Waals surface area contributed by atoms with Gasteiger partial charge in [-0.05, 0) is 18.1 Å². The van der Waals surface area contributed by atoms with Crippen molar-refractivity contribution < 1.29 is 9.53 Å². The van der Waals surface area contributed by atoms with Gasteiger partial charge in [0.05, 0.1) is 12.1 Å². The van der Waals surface area contributed by atoms with Crippen molar-refractivity contribution >= 4 is 11.7 Å². The van der Waals surface area contributed by atoms with Gasteiger partial charge in [-0.1, -0.05) is 18.2 Å². The molecule has 1 aromatic carbocycles. The fourth-order valence-corrected chi connectivity index (χ4v) is 2.06. The first-order valence-electron chi connectivity index (χ1n) is 5.84. The Morgan fingerprint density at radius 2 is 2.28 bits per heavy atom. The van der Waals surface area contributed by atoms with E-state index >= 15 is 0 Å². The predicted molar refractivity (Wildman–Crippen MR) is 66.3 cm³/mol. The zero-order chi connectivity index (χ0) is 12.4. The zero-order valence-corrected chi connectivity index (χ0v) is 9.72. The van der Waals surface area contributed by atoms with Crippen molar-refractivity contribution in [3.8, 4) is 5.75 Å². The Morgan fingerprint density at radius 1 is 1.39 bits per heavy atom. The van der Waals surface area contributed by atoms with E-state index in [1.54, 1.807) is 12.3 Å². The van der Waals surface area contributed by atoms with Crippen LogP contribution < -0.4 is 10.1 Å². The van der Waals surface area contributed by atoms with E-state index in [9.17, 15) is 4.79 Å². The molecule has 0 saturated heterocycles. The smallest absolute Gasteiger partial charge is 0.232 e. The highest BCUT2D eigenvalue weighted by atomic mass is 16.5. The third kappa shape index (κ3) is 2.07. The van der Waals surface area contributed by atoms with Gasteiger partial charge >= 0.3 is 0 Å². The van der Waals surface area contributed by atoms with E-state index in [0.29, 0.717) is 18.8 Å². The summed E-state index contributed by atoms with van der Waals surface area (Å²) >= 11 is 0. The first-order valence-corrected chi connectivity index (χ1v) is 5.84. The summed E-state index contributed by atoms with van der Waals surface area (Å²) in [6.07, 6.45) is 2.30. The van der Waals surface area contributed by atoms with Crippen molar-refractivity contribution in [2.45, 2.75) is 6.42 Å². The average molecular weight is 243 g/mol. The van der Waals surface area contributed by atoms with Crippen LogP contribution in [0.5, 0.6) is 5.75 Å². The van der Waals surface area contributed by atoms with Crippen molar-refractivity contribution in [2.24, 2.45) is 5.92 Å². The van der Waals surface area contributed by atoms with Gasteiger partial charge in [-0.15, -0.1) is 0 Å². The first kappa shape index (κ1) is 10.8. The molecule has 92 valence electrons. The standard InChI is InChI=1S/C13H13N3O2/c17-13(15-12-5-6-14-16-12)10-7-9-3-1-2-4-11(9)18-8-10/h1-6,10H,7-8H2,(H2,14,15,16,17)/t10-/m1/s1. The van der Waals surface area contributed by atoms with Crippen LogP contribution >= 0.6 is 0 Å². The lowest BCUT2D eigenvalue weighted by molar-refractivity contribution is -0.121. The minimum atomic E-state index is -0.164. The number of benzene rings is 1. The van der Waals surface area contributed by atoms with Crippen molar-refractivity contribution in [2.75, 3.05) is 11.9 Å². The lowest BCUT2D eigenvalue weighted by Gasteiger charge is -2.24. The summed E-state index contributed by atoms with van der Waals surface area (Å²) < 4.78 is 5.59. The number of amides is 1. The predicted octanol–water partition coefficient (Wildman–Crippen LogP) is 1.60. The van der Waals surface area contributed by atoms with Crippen molar-refractivity contribution in [3.05, 3.63) is 42.1 Å². The number of aromatic amines is 1. The van der Waals surface area contributed by atoms with E-state index < -0.39 is 0 Å². The molecule has 18 heavy (non-hydrogen) atoms. The summed E-state index contributed by atoms with van der Waals surface area (Å²) in [6.45, 7) is 0.414. The zero-order valence-electron chi connectivity index (χ0n) is 9.72. The molecule has 1 amide bonds. The third-order valence-electron chi connectivity index (χ3n) is 3.01. The molecule has 1 atom stereocenters. The molecule has 0 bridgehead atoms. The van der Waals surface area contributed by atoms with E-state index in [4.69, 9.17) is 4.74 Å². The topological polar surface area (TPSA) is 67.0 Å². The molecule has 5 nitrogen and oxygen atoms in total. The van der Waals surface area contributed by atoms with Crippen molar-refractivity contribution in [3.63, 3.8) is 0 Å². The monoisotopic (exact) mass is 243 g/mol. The summed E-state index contributed by atoms with van der Waals surface area (Å²) in [7, 11) is 0. The lowest BCUT2D eigenvalue weighted by atomic mass is 9.96. The Labute approximate surface area is 104 Å². The maximum Gasteiger partial charge on any atom is 0.232 e. The molecule has 1 aromatic heterocycles. The van der Waals surface area contributed by atoms with E-state index in [-0.39, 0.29) is 11.8 Å². The Morgan fingerprint density at radius 3 is 3.11 bits per heavy atom. The molecular weight excluding hydrogens is 230 g/mol. The van der Waals surface area contributed by atoms with Crippen LogP contribution in [0.1, 0.15) is 5.56 Å². The number of hydrogen-bond acceptors (Lipinski definition) is 3. The number of hydrogen-bond donors (Lipinski definition) is 2. The number of nitrogens with zero attached hydrogens (tertiary/aromatic N) is 1. The number of carbonyl (C=O) groups excluding carboxylic acids is 1. The van der Waals surface area contributed by atoms with E-state index in [1.807, 2.05) is 24.3 Å². The number of fused-ring (bicyclic) bond motifs is 1. The molecule has 1 aliphatic rings. The van der Waals surface area contributed by atoms with Crippen LogP contribution in [0.15, 0.2) is 36.5 Å². The summed E-state index contributed by atoms with van der Waals surface area (Å²) in [5, 5.41) is 9.27. The quantitative estimate of drug-likeness (QED) is 0.841. The lowest BCUT2D eigenvalue weighted by Crippen LogP contribution is -2.32. The molecule has 3 rings (SSSR count). The van der Waals surface area contributed by atoms with E-state index in [2.05, 4.69) is 15.5 Å². The molecular formula is C13H13N3O2. The molecule has 1 aliphatic heterocycles. The summed E-state index contributed by atoms with van der Waals surface area (Å²) in [5.74, 6) is 1.28. The molecule has 0 saturated carbocycles. The Kier molecular flexibility index (Phi) is 2.72. The number of anilines is 1. The number of carbonyl (C=O) groups is 1. The van der Waals surface area contributed by atoms with Crippen LogP contribution in [0.4, 0.5) is 5.82 Å². The van der Waals surface area contributed by atoms with Gasteiger partial charge in [0.25, 0.3) is 0 Å². The third-order valence-corrected chi connectivity index (χ3v) is 3.01. The van der Waals surface area contributed by atoms with Gasteiger partial charge in [0, 0.05) is 6.07 Å². The second-order valence-corrected chi connectivity index (χ2v) is 4.28. The molecule has 0 unspecified atom stereocenters. The van der Waals surface area contributed by atoms with Crippen LogP contribution in [0, 0.1) is 5.92 Å². The van der Waals surface area contributed by atoms with Gasteiger partial charge < -0.3 is 10.1 Å². The largest absolute Gasteiger partial charge is 0.492 e. The van der Waals surface area contributed by atoms with Crippen LogP contribution in [-0.2, 0) is 11.2 Å². The van der Waals surface area contributed by atoms with Crippen molar-refractivity contribution in [1.29, 1.82) is 0 Å². The fourth-order valence-electron chi connectivity index (χ4n) is 2.06. The van der Waals surface area contributed by atoms with Gasteiger partial charge in [0.15, 0.2) is 0 Å². The minimum Gasteiger partial charge on any atom is -0.492 e. The van der Waals surface area contributed by atoms with Crippen molar-refractivity contribution in [1.82, 2.24) is 10.2 Å². The van der Waals surface area contributed by atoms with Crippen LogP contribution in [0.2, 0.25) is 0 Å². The van der Waals surface area contributed by atoms with Crippen LogP contribution in [0.25, 0.3) is 0 Å². The molecule has 0 radical (unpaired) electrons.